The van der Waals surface area contributed by atoms with Crippen LogP contribution in [-0.4, -0.2) is 56.8 Å². The highest BCUT2D eigenvalue weighted by atomic mass is 79.9. The molecule has 1 aromatic rings. The summed E-state index contributed by atoms with van der Waals surface area (Å²) in [6.45, 7) is 4.27. The topological polar surface area (TPSA) is 107 Å². The highest BCUT2D eigenvalue weighted by Gasteiger charge is 2.25. The fraction of sp³-hybridized carbons (Fsp3) is 0.500. The number of rotatable bonds is 11. The van der Waals surface area contributed by atoms with Crippen LogP contribution in [0.5, 0.6) is 0 Å². The van der Waals surface area contributed by atoms with Crippen molar-refractivity contribution in [3.8, 4) is 0 Å². The first-order chi connectivity index (χ1) is 13.4. The third-order valence-corrected chi connectivity index (χ3v) is 4.37. The van der Waals surface area contributed by atoms with Crippen molar-refractivity contribution in [2.75, 3.05) is 18.0 Å². The molecule has 162 valence electrons. The molecule has 29 heavy (non-hydrogen) atoms. The third kappa shape index (κ3) is 8.25. The second kappa shape index (κ2) is 11.4. The molecule has 0 saturated heterocycles. The van der Waals surface area contributed by atoms with E-state index in [0.29, 0.717) is 13.1 Å². The van der Waals surface area contributed by atoms with Gasteiger partial charge in [0, 0.05) is 34.7 Å². The van der Waals surface area contributed by atoms with E-state index in [0.717, 1.165) is 12.1 Å². The number of aliphatic carboxylic acids is 2. The fourth-order valence-electron chi connectivity index (χ4n) is 2.63. The fourth-order valence-corrected chi connectivity index (χ4v) is 3.33. The van der Waals surface area contributed by atoms with E-state index in [2.05, 4.69) is 37.2 Å². The second-order valence-electron chi connectivity index (χ2n) is 6.55. The van der Waals surface area contributed by atoms with Crippen molar-refractivity contribution in [2.45, 2.75) is 42.4 Å². The van der Waals surface area contributed by atoms with E-state index < -0.39 is 47.5 Å². The highest BCUT2D eigenvalue weighted by molar-refractivity contribution is 9.09. The smallest absolute Gasteiger partial charge is 0.326 e. The lowest BCUT2D eigenvalue weighted by Crippen LogP contribution is -2.41. The van der Waals surface area contributed by atoms with Crippen molar-refractivity contribution in [2.24, 2.45) is 0 Å². The molecule has 0 bridgehead atoms. The van der Waals surface area contributed by atoms with Gasteiger partial charge in [0.1, 0.15) is 23.4 Å². The van der Waals surface area contributed by atoms with E-state index >= 15 is 0 Å². The van der Waals surface area contributed by atoms with Crippen LogP contribution in [0.2, 0.25) is 0 Å². The molecular formula is C18H22Br2F2N2O5. The summed E-state index contributed by atoms with van der Waals surface area (Å²) in [5, 5.41) is 19.9. The number of anilines is 1. The molecule has 0 aromatic heterocycles. The van der Waals surface area contributed by atoms with E-state index in [9.17, 15) is 23.2 Å². The third-order valence-electron chi connectivity index (χ3n) is 3.79. The first kappa shape index (κ1) is 25.3. The normalized spacial score (nSPS) is 14.0. The molecule has 0 aliphatic carbocycles. The van der Waals surface area contributed by atoms with Crippen LogP contribution < -0.4 is 10.2 Å². The van der Waals surface area contributed by atoms with Gasteiger partial charge < -0.3 is 20.4 Å². The standard InChI is InChI=1S/C18H22Br2F2N2O5/c1-9(19)7-24(8-10(2)20)16-12(21)5-11(6-13(16)22)17(27)23-14(18(28)29)3-4-15(25)26/h5-6,9-10,14H,3-4,7-8H2,1-2H3,(H,23,27)(H,25,26)(H,28,29)/t9?,10?,14-/m0/s1. The second-order valence-corrected chi connectivity index (χ2v) is 9.68. The molecule has 3 N–H and O–H groups in total. The van der Waals surface area contributed by atoms with Crippen LogP contribution >= 0.6 is 31.9 Å². The van der Waals surface area contributed by atoms with Gasteiger partial charge in [0.25, 0.3) is 5.91 Å². The summed E-state index contributed by atoms with van der Waals surface area (Å²) >= 11 is 6.70. The Labute approximate surface area is 183 Å². The Morgan fingerprint density at radius 2 is 1.55 bits per heavy atom. The molecule has 0 radical (unpaired) electrons. The first-order valence-corrected chi connectivity index (χ1v) is 10.5. The summed E-state index contributed by atoms with van der Waals surface area (Å²) in [6, 6.07) is 0.160. The average Bonchev–Trinajstić information content (AvgIpc) is 2.55. The van der Waals surface area contributed by atoms with Gasteiger partial charge in [-0.15, -0.1) is 0 Å². The molecule has 7 nitrogen and oxygen atoms in total. The van der Waals surface area contributed by atoms with Gasteiger partial charge in [-0.3, -0.25) is 9.59 Å². The highest BCUT2D eigenvalue weighted by Crippen LogP contribution is 2.27. The largest absolute Gasteiger partial charge is 0.481 e. The van der Waals surface area contributed by atoms with Gasteiger partial charge in [-0.2, -0.15) is 0 Å². The van der Waals surface area contributed by atoms with Gasteiger partial charge in [0.15, 0.2) is 0 Å². The molecule has 3 atom stereocenters. The minimum Gasteiger partial charge on any atom is -0.481 e. The van der Waals surface area contributed by atoms with E-state index in [-0.39, 0.29) is 21.8 Å². The predicted molar refractivity (Wildman–Crippen MR) is 111 cm³/mol. The van der Waals surface area contributed by atoms with E-state index in [1.165, 1.54) is 4.90 Å². The molecule has 0 heterocycles. The zero-order valence-electron chi connectivity index (χ0n) is 15.8. The number of nitrogens with zero attached hydrogens (tertiary/aromatic N) is 1. The van der Waals surface area contributed by atoms with Gasteiger partial charge in [-0.05, 0) is 18.6 Å². The Morgan fingerprint density at radius 1 is 1.07 bits per heavy atom. The summed E-state index contributed by atoms with van der Waals surface area (Å²) in [7, 11) is 0. The molecule has 1 rings (SSSR count). The van der Waals surface area contributed by atoms with Gasteiger partial charge >= 0.3 is 11.9 Å². The molecule has 0 aliphatic rings. The van der Waals surface area contributed by atoms with E-state index in [1.54, 1.807) is 0 Å². The monoisotopic (exact) mass is 542 g/mol. The number of amides is 1. The molecule has 0 spiro atoms. The van der Waals surface area contributed by atoms with Crippen LogP contribution in [0.1, 0.15) is 37.0 Å². The van der Waals surface area contributed by atoms with Crippen LogP contribution in [0.15, 0.2) is 12.1 Å². The number of nitrogens with one attached hydrogen (secondary N) is 1. The first-order valence-electron chi connectivity index (χ1n) is 8.70. The van der Waals surface area contributed by atoms with Gasteiger partial charge in [-0.25, -0.2) is 13.6 Å². The maximum Gasteiger partial charge on any atom is 0.326 e. The molecular weight excluding hydrogens is 522 g/mol. The zero-order chi connectivity index (χ0) is 22.3. The summed E-state index contributed by atoms with van der Waals surface area (Å²) in [4.78, 5) is 35.4. The van der Waals surface area contributed by atoms with Crippen LogP contribution in [-0.2, 0) is 9.59 Å². The van der Waals surface area contributed by atoms with Gasteiger partial charge in [-0.1, -0.05) is 45.7 Å². The zero-order valence-corrected chi connectivity index (χ0v) is 19.0. The van der Waals surface area contributed by atoms with Crippen molar-refractivity contribution in [3.63, 3.8) is 0 Å². The number of alkyl halides is 2. The number of carbonyl (C=O) groups is 3. The van der Waals surface area contributed by atoms with Crippen molar-refractivity contribution in [1.29, 1.82) is 0 Å². The number of hydrogen-bond acceptors (Lipinski definition) is 4. The Balaban J connectivity index is 3.11. The Bertz CT molecular complexity index is 729. The number of halogens is 4. The number of carboxylic acid groups (broad SMARTS) is 2. The molecule has 0 aliphatic heterocycles. The van der Waals surface area contributed by atoms with Crippen LogP contribution in [0.3, 0.4) is 0 Å². The maximum absolute atomic E-state index is 14.7. The van der Waals surface area contributed by atoms with Crippen LogP contribution in [0.25, 0.3) is 0 Å². The molecule has 11 heteroatoms. The molecule has 2 unspecified atom stereocenters. The maximum atomic E-state index is 14.7. The summed E-state index contributed by atoms with van der Waals surface area (Å²) in [6.07, 6.45) is -0.844. The summed E-state index contributed by atoms with van der Waals surface area (Å²) < 4.78 is 29.4. The van der Waals surface area contributed by atoms with Crippen LogP contribution in [0, 0.1) is 11.6 Å². The van der Waals surface area contributed by atoms with Crippen molar-refractivity contribution < 1.29 is 33.4 Å². The average molecular weight is 544 g/mol. The lowest BCUT2D eigenvalue weighted by Gasteiger charge is -2.28. The van der Waals surface area contributed by atoms with E-state index in [4.69, 9.17) is 10.2 Å². The molecule has 0 fully saturated rings. The van der Waals surface area contributed by atoms with E-state index in [1.807, 2.05) is 13.8 Å². The minimum atomic E-state index is -1.50. The van der Waals surface area contributed by atoms with Crippen molar-refractivity contribution >= 4 is 55.4 Å². The summed E-state index contributed by atoms with van der Waals surface area (Å²) in [5.41, 5.74) is -0.691. The Morgan fingerprint density at radius 3 is 1.93 bits per heavy atom. The Kier molecular flexibility index (Phi) is 9.97. The predicted octanol–water partition coefficient (Wildman–Crippen LogP) is 3.39. The SMILES string of the molecule is CC(Br)CN(CC(C)Br)c1c(F)cc(C(=O)N[C@@H](CCC(=O)O)C(=O)O)cc1F. The minimum absolute atomic E-state index is 0.0546. The number of carboxylic acids is 2. The van der Waals surface area contributed by atoms with Crippen molar-refractivity contribution in [3.05, 3.63) is 29.3 Å². The number of carbonyl (C=O) groups excluding carboxylic acids is 1. The van der Waals surface area contributed by atoms with Crippen LogP contribution in [0.4, 0.5) is 14.5 Å². The number of hydrogen-bond donors (Lipinski definition) is 3. The van der Waals surface area contributed by atoms with Gasteiger partial charge in [0.2, 0.25) is 0 Å². The number of benzene rings is 1. The van der Waals surface area contributed by atoms with Crippen molar-refractivity contribution in [1.82, 2.24) is 5.32 Å². The Hall–Kier alpha value is -1.75. The quantitative estimate of drug-likeness (QED) is 0.369. The lowest BCUT2D eigenvalue weighted by atomic mass is 10.1. The molecule has 0 saturated carbocycles. The van der Waals surface area contributed by atoms with Gasteiger partial charge in [0.05, 0.1) is 0 Å². The lowest BCUT2D eigenvalue weighted by molar-refractivity contribution is -0.140. The molecule has 1 aromatic carbocycles. The molecule has 1 amide bonds. The summed E-state index contributed by atoms with van der Waals surface area (Å²) in [5.74, 6) is -5.61.